The summed E-state index contributed by atoms with van der Waals surface area (Å²) in [5, 5.41) is 1.15. The lowest BCUT2D eigenvalue weighted by Crippen LogP contribution is -2.51. The number of hydrogen-bond acceptors (Lipinski definition) is 3. The molecule has 3 aliphatic rings. The number of ether oxygens (including phenoxy) is 1. The van der Waals surface area contributed by atoms with Crippen molar-refractivity contribution in [1.29, 1.82) is 0 Å². The van der Waals surface area contributed by atoms with Crippen LogP contribution in [-0.2, 0) is 4.74 Å². The van der Waals surface area contributed by atoms with E-state index >= 15 is 0 Å². The summed E-state index contributed by atoms with van der Waals surface area (Å²) in [5.41, 5.74) is 8.54. The fourth-order valence-electron chi connectivity index (χ4n) is 6.46. The molecule has 36 heavy (non-hydrogen) atoms. The molecule has 1 aromatic heterocycles. The summed E-state index contributed by atoms with van der Waals surface area (Å²) in [6, 6.07) is 27.8. The van der Waals surface area contributed by atoms with Crippen LogP contribution in [0.15, 0.2) is 91.1 Å². The Balaban J connectivity index is 1.12. The summed E-state index contributed by atoms with van der Waals surface area (Å²) in [6.07, 6.45) is 7.96. The van der Waals surface area contributed by atoms with Crippen LogP contribution in [0.2, 0.25) is 0 Å². The van der Waals surface area contributed by atoms with Crippen molar-refractivity contribution < 1.29 is 9.53 Å². The SMILES string of the molecule is O=C(OCC1c2ccccc2-c2ccccc21)N1C2C=C(c3ccc4cccnc4c3)CC1CCC2. The Labute approximate surface area is 211 Å². The maximum Gasteiger partial charge on any atom is 0.410 e. The molecule has 7 rings (SSSR count). The van der Waals surface area contributed by atoms with E-state index in [2.05, 4.69) is 83.9 Å². The molecule has 2 bridgehead atoms. The lowest BCUT2D eigenvalue weighted by Gasteiger charge is -2.44. The Morgan fingerprint density at radius 1 is 0.917 bits per heavy atom. The second kappa shape index (κ2) is 8.63. The van der Waals surface area contributed by atoms with Crippen LogP contribution in [0.5, 0.6) is 0 Å². The predicted molar refractivity (Wildman–Crippen MR) is 143 cm³/mol. The normalized spacial score (nSPS) is 20.6. The van der Waals surface area contributed by atoms with E-state index < -0.39 is 0 Å². The number of hydrogen-bond donors (Lipinski definition) is 0. The van der Waals surface area contributed by atoms with Gasteiger partial charge >= 0.3 is 6.09 Å². The van der Waals surface area contributed by atoms with Crippen LogP contribution in [0.1, 0.15) is 48.3 Å². The molecule has 1 aliphatic carbocycles. The standard InChI is InChI=1S/C32H28N2O2/c35-32(36-20-30-28-12-3-1-10-26(28)27-11-2-4-13-29(27)30)34-24-8-5-9-25(34)18-23(17-24)22-15-14-21-7-6-16-33-31(21)19-22/h1-4,6-7,10-17,19,24-25,30H,5,8-9,18,20H2. The molecule has 0 saturated carbocycles. The van der Waals surface area contributed by atoms with E-state index in [4.69, 9.17) is 4.74 Å². The summed E-state index contributed by atoms with van der Waals surface area (Å²) in [5.74, 6) is 0.0854. The number of benzene rings is 3. The number of carbonyl (C=O) groups excluding carboxylic acids is 1. The molecule has 2 unspecified atom stereocenters. The summed E-state index contributed by atoms with van der Waals surface area (Å²) in [4.78, 5) is 20.0. The molecule has 1 fully saturated rings. The number of nitrogens with zero attached hydrogens (tertiary/aromatic N) is 2. The van der Waals surface area contributed by atoms with Gasteiger partial charge in [0, 0.05) is 23.5 Å². The molecular formula is C32H28N2O2. The van der Waals surface area contributed by atoms with Crippen molar-refractivity contribution in [3.05, 3.63) is 108 Å². The van der Waals surface area contributed by atoms with Crippen LogP contribution in [0, 0.1) is 0 Å². The zero-order chi connectivity index (χ0) is 24.1. The van der Waals surface area contributed by atoms with Gasteiger partial charge in [-0.05, 0) is 71.2 Å². The number of amides is 1. The van der Waals surface area contributed by atoms with Crippen molar-refractivity contribution in [2.45, 2.75) is 43.7 Å². The minimum Gasteiger partial charge on any atom is -0.448 e. The zero-order valence-corrected chi connectivity index (χ0v) is 20.1. The average Bonchev–Trinajstić information content (AvgIpc) is 3.24. The molecule has 2 atom stereocenters. The number of rotatable bonds is 3. The van der Waals surface area contributed by atoms with Gasteiger partial charge in [-0.1, -0.05) is 72.8 Å². The first-order valence-electron chi connectivity index (χ1n) is 13.0. The number of piperidine rings is 1. The van der Waals surface area contributed by atoms with Crippen molar-refractivity contribution in [1.82, 2.24) is 9.88 Å². The number of carbonyl (C=O) groups is 1. The molecule has 0 N–H and O–H groups in total. The Morgan fingerprint density at radius 3 is 2.47 bits per heavy atom. The second-order valence-electron chi connectivity index (χ2n) is 10.2. The highest BCUT2D eigenvalue weighted by Crippen LogP contribution is 2.45. The van der Waals surface area contributed by atoms with Gasteiger partial charge in [0.25, 0.3) is 0 Å². The molecule has 4 nitrogen and oxygen atoms in total. The molecule has 4 heteroatoms. The van der Waals surface area contributed by atoms with Crippen LogP contribution < -0.4 is 0 Å². The Bertz CT molecular complexity index is 1460. The second-order valence-corrected chi connectivity index (χ2v) is 10.2. The van der Waals surface area contributed by atoms with Crippen molar-refractivity contribution >= 4 is 22.6 Å². The molecule has 2 aliphatic heterocycles. The number of fused-ring (bicyclic) bond motifs is 6. The monoisotopic (exact) mass is 472 g/mol. The predicted octanol–water partition coefficient (Wildman–Crippen LogP) is 7.19. The van der Waals surface area contributed by atoms with E-state index in [0.29, 0.717) is 6.61 Å². The van der Waals surface area contributed by atoms with Crippen LogP contribution >= 0.6 is 0 Å². The zero-order valence-electron chi connectivity index (χ0n) is 20.1. The largest absolute Gasteiger partial charge is 0.448 e. The van der Waals surface area contributed by atoms with Crippen molar-refractivity contribution in [3.63, 3.8) is 0 Å². The summed E-state index contributed by atoms with van der Waals surface area (Å²) in [6.45, 7) is 0.371. The quantitative estimate of drug-likeness (QED) is 0.317. The van der Waals surface area contributed by atoms with E-state index in [1.54, 1.807) is 0 Å². The van der Waals surface area contributed by atoms with Gasteiger partial charge in [-0.25, -0.2) is 4.79 Å². The number of aromatic nitrogens is 1. The molecule has 0 radical (unpaired) electrons. The van der Waals surface area contributed by atoms with Crippen LogP contribution in [0.3, 0.4) is 0 Å². The lowest BCUT2D eigenvalue weighted by molar-refractivity contribution is 0.0539. The van der Waals surface area contributed by atoms with Gasteiger partial charge in [0.05, 0.1) is 11.6 Å². The van der Waals surface area contributed by atoms with E-state index in [-0.39, 0.29) is 24.1 Å². The third-order valence-corrected chi connectivity index (χ3v) is 8.16. The van der Waals surface area contributed by atoms with E-state index in [1.165, 1.54) is 33.4 Å². The third kappa shape index (κ3) is 3.51. The van der Waals surface area contributed by atoms with Crippen molar-refractivity contribution in [2.75, 3.05) is 6.61 Å². The summed E-state index contributed by atoms with van der Waals surface area (Å²) in [7, 11) is 0. The summed E-state index contributed by atoms with van der Waals surface area (Å²) >= 11 is 0. The van der Waals surface area contributed by atoms with Crippen LogP contribution in [0.4, 0.5) is 4.79 Å². The van der Waals surface area contributed by atoms with Crippen LogP contribution in [-0.4, -0.2) is 34.7 Å². The molecular weight excluding hydrogens is 444 g/mol. The summed E-state index contributed by atoms with van der Waals surface area (Å²) < 4.78 is 6.06. The molecule has 1 saturated heterocycles. The topological polar surface area (TPSA) is 42.4 Å². The first-order valence-corrected chi connectivity index (χ1v) is 13.0. The maximum atomic E-state index is 13.5. The molecule has 4 aromatic rings. The fourth-order valence-corrected chi connectivity index (χ4v) is 6.46. The molecule has 3 aromatic carbocycles. The van der Waals surface area contributed by atoms with E-state index in [9.17, 15) is 4.79 Å². The van der Waals surface area contributed by atoms with Gasteiger partial charge in [0.2, 0.25) is 0 Å². The fraction of sp³-hybridized carbons (Fsp3) is 0.250. The molecule has 0 spiro atoms. The third-order valence-electron chi connectivity index (χ3n) is 8.16. The first kappa shape index (κ1) is 21.4. The van der Waals surface area contributed by atoms with Crippen molar-refractivity contribution in [2.24, 2.45) is 0 Å². The van der Waals surface area contributed by atoms with Crippen LogP contribution in [0.25, 0.3) is 27.6 Å². The minimum atomic E-state index is -0.179. The van der Waals surface area contributed by atoms with Gasteiger partial charge in [-0.15, -0.1) is 0 Å². The molecule has 1 amide bonds. The highest BCUT2D eigenvalue weighted by atomic mass is 16.6. The molecule has 3 heterocycles. The number of pyridine rings is 1. The van der Waals surface area contributed by atoms with E-state index in [1.807, 2.05) is 17.2 Å². The maximum absolute atomic E-state index is 13.5. The Hall–Kier alpha value is -3.92. The van der Waals surface area contributed by atoms with Gasteiger partial charge in [0.1, 0.15) is 6.61 Å². The lowest BCUT2D eigenvalue weighted by atomic mass is 9.83. The minimum absolute atomic E-state index is 0.0854. The van der Waals surface area contributed by atoms with E-state index in [0.717, 1.165) is 36.6 Å². The Morgan fingerprint density at radius 2 is 1.69 bits per heavy atom. The highest BCUT2D eigenvalue weighted by Gasteiger charge is 2.39. The smallest absolute Gasteiger partial charge is 0.410 e. The molecule has 178 valence electrons. The van der Waals surface area contributed by atoms with Crippen molar-refractivity contribution in [3.8, 4) is 11.1 Å². The Kier molecular flexibility index (Phi) is 5.12. The van der Waals surface area contributed by atoms with Gasteiger partial charge in [-0.2, -0.15) is 0 Å². The van der Waals surface area contributed by atoms with Gasteiger partial charge in [-0.3, -0.25) is 9.88 Å². The highest BCUT2D eigenvalue weighted by molar-refractivity contribution is 5.84. The van der Waals surface area contributed by atoms with Gasteiger partial charge in [0.15, 0.2) is 0 Å². The first-order chi connectivity index (χ1) is 17.8. The van der Waals surface area contributed by atoms with Gasteiger partial charge < -0.3 is 4.74 Å². The average molecular weight is 473 g/mol.